The first-order chi connectivity index (χ1) is 9.70. The molecule has 0 aliphatic rings. The number of amides is 2. The fraction of sp³-hybridized carbons (Fsp3) is 0.529. The molecule has 2 amide bonds. The first-order valence-electron chi connectivity index (χ1n) is 7.38. The van der Waals surface area contributed by atoms with Gasteiger partial charge in [-0.05, 0) is 37.0 Å². The van der Waals surface area contributed by atoms with Crippen LogP contribution >= 0.6 is 0 Å². The van der Waals surface area contributed by atoms with Crippen LogP contribution < -0.4 is 10.6 Å². The van der Waals surface area contributed by atoms with Gasteiger partial charge in [-0.25, -0.2) is 0 Å². The zero-order valence-corrected chi connectivity index (χ0v) is 13.6. The molecule has 0 saturated heterocycles. The molecule has 0 spiro atoms. The van der Waals surface area contributed by atoms with E-state index in [1.54, 1.807) is 0 Å². The van der Waals surface area contributed by atoms with Crippen molar-refractivity contribution in [2.24, 2.45) is 0 Å². The number of hydrogen-bond acceptors (Lipinski definition) is 2. The van der Waals surface area contributed by atoms with E-state index in [0.717, 1.165) is 0 Å². The SMILES string of the molecule is CC(C)NC(=O)CCNC(=O)c1ccc(C(C)(C)C)cc1. The highest BCUT2D eigenvalue weighted by atomic mass is 16.2. The molecule has 0 aromatic heterocycles. The summed E-state index contributed by atoms with van der Waals surface area (Å²) in [6.45, 7) is 10.6. The van der Waals surface area contributed by atoms with Gasteiger partial charge in [0.05, 0.1) is 0 Å². The van der Waals surface area contributed by atoms with Gasteiger partial charge in [0.25, 0.3) is 5.91 Å². The van der Waals surface area contributed by atoms with Gasteiger partial charge in [0.2, 0.25) is 5.91 Å². The highest BCUT2D eigenvalue weighted by molar-refractivity contribution is 5.94. The van der Waals surface area contributed by atoms with Crippen LogP contribution in [-0.4, -0.2) is 24.4 Å². The predicted molar refractivity (Wildman–Crippen MR) is 85.4 cm³/mol. The van der Waals surface area contributed by atoms with Crippen molar-refractivity contribution in [1.82, 2.24) is 10.6 Å². The Bertz CT molecular complexity index is 485. The second-order valence-corrected chi connectivity index (χ2v) is 6.56. The van der Waals surface area contributed by atoms with E-state index in [4.69, 9.17) is 0 Å². The van der Waals surface area contributed by atoms with Crippen LogP contribution in [0.4, 0.5) is 0 Å². The first-order valence-corrected chi connectivity index (χ1v) is 7.38. The Kier molecular flexibility index (Phi) is 5.94. The number of nitrogens with one attached hydrogen (secondary N) is 2. The van der Waals surface area contributed by atoms with Gasteiger partial charge >= 0.3 is 0 Å². The van der Waals surface area contributed by atoms with Crippen molar-refractivity contribution >= 4 is 11.8 Å². The van der Waals surface area contributed by atoms with Crippen molar-refractivity contribution in [2.45, 2.75) is 52.5 Å². The number of hydrogen-bond donors (Lipinski definition) is 2. The van der Waals surface area contributed by atoms with Crippen molar-refractivity contribution < 1.29 is 9.59 Å². The second kappa shape index (κ2) is 7.25. The molecular weight excluding hydrogens is 264 g/mol. The van der Waals surface area contributed by atoms with E-state index in [2.05, 4.69) is 31.4 Å². The molecule has 0 heterocycles. The number of carbonyl (C=O) groups is 2. The number of rotatable bonds is 5. The maximum absolute atomic E-state index is 12.0. The van der Waals surface area contributed by atoms with Crippen LogP contribution in [0.5, 0.6) is 0 Å². The maximum Gasteiger partial charge on any atom is 0.251 e. The quantitative estimate of drug-likeness (QED) is 0.876. The zero-order chi connectivity index (χ0) is 16.0. The minimum Gasteiger partial charge on any atom is -0.354 e. The smallest absolute Gasteiger partial charge is 0.251 e. The molecule has 0 fully saturated rings. The van der Waals surface area contributed by atoms with Crippen LogP contribution in [-0.2, 0) is 10.2 Å². The highest BCUT2D eigenvalue weighted by Crippen LogP contribution is 2.22. The molecule has 0 atom stereocenters. The van der Waals surface area contributed by atoms with Gasteiger partial charge in [-0.3, -0.25) is 9.59 Å². The summed E-state index contributed by atoms with van der Waals surface area (Å²) in [5.74, 6) is -0.193. The molecule has 4 nitrogen and oxygen atoms in total. The van der Waals surface area contributed by atoms with Crippen molar-refractivity contribution in [3.05, 3.63) is 35.4 Å². The molecule has 1 aromatic rings. The lowest BCUT2D eigenvalue weighted by atomic mass is 9.87. The van der Waals surface area contributed by atoms with Crippen LogP contribution in [0.25, 0.3) is 0 Å². The third-order valence-electron chi connectivity index (χ3n) is 3.10. The van der Waals surface area contributed by atoms with Crippen molar-refractivity contribution in [3.63, 3.8) is 0 Å². The van der Waals surface area contributed by atoms with E-state index in [0.29, 0.717) is 18.5 Å². The molecule has 2 N–H and O–H groups in total. The van der Waals surface area contributed by atoms with Crippen LogP contribution in [0.3, 0.4) is 0 Å². The summed E-state index contributed by atoms with van der Waals surface area (Å²) in [5.41, 5.74) is 1.88. The van der Waals surface area contributed by atoms with Crippen LogP contribution in [0.1, 0.15) is 57.0 Å². The number of benzene rings is 1. The molecule has 1 rings (SSSR count). The molecule has 0 aliphatic carbocycles. The van der Waals surface area contributed by atoms with E-state index < -0.39 is 0 Å². The average Bonchev–Trinajstić information content (AvgIpc) is 2.36. The second-order valence-electron chi connectivity index (χ2n) is 6.56. The molecule has 116 valence electrons. The Morgan fingerprint density at radius 3 is 2.14 bits per heavy atom. The third-order valence-corrected chi connectivity index (χ3v) is 3.10. The molecule has 1 aromatic carbocycles. The van der Waals surface area contributed by atoms with E-state index in [-0.39, 0.29) is 23.3 Å². The van der Waals surface area contributed by atoms with Crippen LogP contribution in [0, 0.1) is 0 Å². The first kappa shape index (κ1) is 17.2. The molecule has 0 aliphatic heterocycles. The van der Waals surface area contributed by atoms with E-state index >= 15 is 0 Å². The molecule has 0 bridgehead atoms. The monoisotopic (exact) mass is 290 g/mol. The molecular formula is C17H26N2O2. The van der Waals surface area contributed by atoms with E-state index in [1.807, 2.05) is 38.1 Å². The van der Waals surface area contributed by atoms with Gasteiger partial charge in [-0.1, -0.05) is 32.9 Å². The highest BCUT2D eigenvalue weighted by Gasteiger charge is 2.14. The Balaban J connectivity index is 2.48. The molecule has 4 heteroatoms. The Morgan fingerprint density at radius 1 is 1.10 bits per heavy atom. The lowest BCUT2D eigenvalue weighted by Gasteiger charge is -2.19. The summed E-state index contributed by atoms with van der Waals surface area (Å²) in [4.78, 5) is 23.4. The van der Waals surface area contributed by atoms with Crippen molar-refractivity contribution in [3.8, 4) is 0 Å². The van der Waals surface area contributed by atoms with Gasteiger partial charge in [-0.2, -0.15) is 0 Å². The zero-order valence-electron chi connectivity index (χ0n) is 13.6. The fourth-order valence-electron chi connectivity index (χ4n) is 1.91. The average molecular weight is 290 g/mol. The minimum absolute atomic E-state index is 0.0478. The minimum atomic E-state index is -0.146. The third kappa shape index (κ3) is 5.98. The summed E-state index contributed by atoms with van der Waals surface area (Å²) in [6.07, 6.45) is 0.296. The van der Waals surface area contributed by atoms with Crippen LogP contribution in [0.2, 0.25) is 0 Å². The topological polar surface area (TPSA) is 58.2 Å². The Hall–Kier alpha value is -1.84. The van der Waals surface area contributed by atoms with Crippen molar-refractivity contribution in [1.29, 1.82) is 0 Å². The summed E-state index contributed by atoms with van der Waals surface area (Å²) < 4.78 is 0. The molecule has 0 unspecified atom stereocenters. The summed E-state index contributed by atoms with van der Waals surface area (Å²) in [5, 5.41) is 5.55. The normalized spacial score (nSPS) is 11.3. The van der Waals surface area contributed by atoms with Gasteiger partial charge in [-0.15, -0.1) is 0 Å². The predicted octanol–water partition coefficient (Wildman–Crippen LogP) is 2.63. The van der Waals surface area contributed by atoms with Crippen LogP contribution in [0.15, 0.2) is 24.3 Å². The van der Waals surface area contributed by atoms with Gasteiger partial charge < -0.3 is 10.6 Å². The standard InChI is InChI=1S/C17H26N2O2/c1-12(2)19-15(20)10-11-18-16(21)13-6-8-14(9-7-13)17(3,4)5/h6-9,12H,10-11H2,1-5H3,(H,18,21)(H,19,20). The molecule has 21 heavy (non-hydrogen) atoms. The van der Waals surface area contributed by atoms with Gasteiger partial charge in [0, 0.05) is 24.6 Å². The van der Waals surface area contributed by atoms with E-state index in [9.17, 15) is 9.59 Å². The summed E-state index contributed by atoms with van der Waals surface area (Å²) in [7, 11) is 0. The Labute approximate surface area is 127 Å². The maximum atomic E-state index is 12.0. The van der Waals surface area contributed by atoms with Crippen molar-refractivity contribution in [2.75, 3.05) is 6.54 Å². The summed E-state index contributed by atoms with van der Waals surface area (Å²) >= 11 is 0. The van der Waals surface area contributed by atoms with Gasteiger partial charge in [0.1, 0.15) is 0 Å². The molecule has 0 radical (unpaired) electrons. The Morgan fingerprint density at radius 2 is 1.67 bits per heavy atom. The number of carbonyl (C=O) groups excluding carboxylic acids is 2. The largest absolute Gasteiger partial charge is 0.354 e. The fourth-order valence-corrected chi connectivity index (χ4v) is 1.91. The summed E-state index contributed by atoms with van der Waals surface area (Å²) in [6, 6.07) is 7.72. The lowest BCUT2D eigenvalue weighted by Crippen LogP contribution is -2.34. The molecule has 0 saturated carbocycles. The lowest BCUT2D eigenvalue weighted by molar-refractivity contribution is -0.121. The van der Waals surface area contributed by atoms with Gasteiger partial charge in [0.15, 0.2) is 0 Å². The van der Waals surface area contributed by atoms with E-state index in [1.165, 1.54) is 5.56 Å².